The molecular formula is C24H34O5. The smallest absolute Gasteiger partial charge is 0.335 e. The van der Waals surface area contributed by atoms with Crippen molar-refractivity contribution < 1.29 is 19.7 Å². The molecule has 0 aromatic carbocycles. The summed E-state index contributed by atoms with van der Waals surface area (Å²) in [6.07, 6.45) is 7.49. The van der Waals surface area contributed by atoms with Gasteiger partial charge in [-0.3, -0.25) is 0 Å². The molecule has 9 atom stereocenters. The molecule has 1 aromatic heterocycles. The average Bonchev–Trinajstić information content (AvgIpc) is 2.94. The summed E-state index contributed by atoms with van der Waals surface area (Å²) < 4.78 is 5.14. The number of aliphatic hydroxyl groups excluding tert-OH is 2. The van der Waals surface area contributed by atoms with Gasteiger partial charge in [-0.15, -0.1) is 0 Å². The van der Waals surface area contributed by atoms with E-state index in [0.29, 0.717) is 12.3 Å². The Labute approximate surface area is 172 Å². The van der Waals surface area contributed by atoms with E-state index in [4.69, 9.17) is 4.42 Å². The van der Waals surface area contributed by atoms with Gasteiger partial charge in [0.15, 0.2) is 0 Å². The summed E-state index contributed by atoms with van der Waals surface area (Å²) in [6.45, 7) is 4.43. The Hall–Kier alpha value is -1.17. The lowest BCUT2D eigenvalue weighted by atomic mass is 9.42. The molecule has 4 aliphatic rings. The van der Waals surface area contributed by atoms with Crippen molar-refractivity contribution >= 4 is 0 Å². The van der Waals surface area contributed by atoms with Crippen LogP contribution in [0.15, 0.2) is 27.6 Å². The minimum absolute atomic E-state index is 0.0176. The van der Waals surface area contributed by atoms with E-state index in [9.17, 15) is 20.1 Å². The first-order valence-corrected chi connectivity index (χ1v) is 11.4. The lowest BCUT2D eigenvalue weighted by Crippen LogP contribution is -2.66. The van der Waals surface area contributed by atoms with Gasteiger partial charge < -0.3 is 19.7 Å². The van der Waals surface area contributed by atoms with Crippen LogP contribution in [0.2, 0.25) is 0 Å². The van der Waals surface area contributed by atoms with Gasteiger partial charge in [0.1, 0.15) is 0 Å². The molecule has 0 saturated heterocycles. The van der Waals surface area contributed by atoms with Gasteiger partial charge in [0.25, 0.3) is 0 Å². The first kappa shape index (κ1) is 19.8. The minimum atomic E-state index is -0.818. The summed E-state index contributed by atoms with van der Waals surface area (Å²) in [6, 6.07) is 3.28. The quantitative estimate of drug-likeness (QED) is 0.671. The molecule has 5 rings (SSSR count). The maximum atomic E-state index is 12.2. The number of hydrogen-bond acceptors (Lipinski definition) is 5. The number of aliphatic hydroxyl groups is 3. The highest BCUT2D eigenvalue weighted by molar-refractivity contribution is 5.28. The van der Waals surface area contributed by atoms with E-state index >= 15 is 0 Å². The molecule has 160 valence electrons. The summed E-state index contributed by atoms with van der Waals surface area (Å²) in [5, 5.41) is 33.8. The van der Waals surface area contributed by atoms with Gasteiger partial charge in [0, 0.05) is 11.5 Å². The van der Waals surface area contributed by atoms with Crippen LogP contribution in [0.5, 0.6) is 0 Å². The zero-order chi connectivity index (χ0) is 20.6. The van der Waals surface area contributed by atoms with Crippen LogP contribution in [-0.4, -0.2) is 33.1 Å². The minimum Gasteiger partial charge on any atom is -0.431 e. The number of hydrogen-bond donors (Lipinski definition) is 3. The Bertz CT molecular complexity index is 829. The van der Waals surface area contributed by atoms with Crippen molar-refractivity contribution in [2.45, 2.75) is 88.9 Å². The predicted octanol–water partition coefficient (Wildman–Crippen LogP) is 3.21. The van der Waals surface area contributed by atoms with Crippen molar-refractivity contribution in [1.29, 1.82) is 0 Å². The Morgan fingerprint density at radius 1 is 1.07 bits per heavy atom. The van der Waals surface area contributed by atoms with Crippen LogP contribution in [0.25, 0.3) is 0 Å². The Morgan fingerprint density at radius 3 is 2.59 bits per heavy atom. The average molecular weight is 403 g/mol. The molecule has 5 heteroatoms. The zero-order valence-electron chi connectivity index (χ0n) is 17.5. The third kappa shape index (κ3) is 2.60. The molecule has 0 radical (unpaired) electrons. The van der Waals surface area contributed by atoms with Gasteiger partial charge >= 0.3 is 5.63 Å². The second-order valence-corrected chi connectivity index (χ2v) is 10.9. The highest BCUT2D eigenvalue weighted by Gasteiger charge is 2.69. The predicted molar refractivity (Wildman–Crippen MR) is 108 cm³/mol. The van der Waals surface area contributed by atoms with Crippen LogP contribution >= 0.6 is 0 Å². The van der Waals surface area contributed by atoms with Gasteiger partial charge in [-0.25, -0.2) is 4.79 Å². The fourth-order valence-corrected chi connectivity index (χ4v) is 8.41. The van der Waals surface area contributed by atoms with E-state index < -0.39 is 17.1 Å². The summed E-state index contributed by atoms with van der Waals surface area (Å²) >= 11 is 0. The molecule has 1 aromatic rings. The van der Waals surface area contributed by atoms with Crippen molar-refractivity contribution in [3.8, 4) is 0 Å². The summed E-state index contributed by atoms with van der Waals surface area (Å²) in [5.41, 5.74) is -0.681. The third-order valence-electron chi connectivity index (χ3n) is 9.89. The highest BCUT2D eigenvalue weighted by atomic mass is 16.4. The SMILES string of the molecule is C[C@]12CC[C@H](O)C[C@@H]1CC[C@@H]1[C@@H]2[C@H](O)C[C@]2(C)[C@@H](c3ccc(=O)oc3)CC[C@@]12O. The van der Waals surface area contributed by atoms with Crippen molar-refractivity contribution in [1.82, 2.24) is 0 Å². The molecule has 1 heterocycles. The van der Waals surface area contributed by atoms with Crippen LogP contribution in [0.1, 0.15) is 76.7 Å². The fourth-order valence-electron chi connectivity index (χ4n) is 8.41. The molecular weight excluding hydrogens is 368 g/mol. The lowest BCUT2D eigenvalue weighted by Gasteiger charge is -2.65. The molecule has 0 aliphatic heterocycles. The van der Waals surface area contributed by atoms with Gasteiger partial charge in [-0.05, 0) is 92.1 Å². The normalized spacial score (nSPS) is 51.8. The maximum absolute atomic E-state index is 12.2. The topological polar surface area (TPSA) is 90.9 Å². The van der Waals surface area contributed by atoms with Crippen molar-refractivity contribution in [3.05, 3.63) is 34.4 Å². The summed E-state index contributed by atoms with van der Waals surface area (Å²) in [4.78, 5) is 11.4. The molecule has 3 N–H and O–H groups in total. The van der Waals surface area contributed by atoms with Gasteiger partial charge in [0.2, 0.25) is 0 Å². The van der Waals surface area contributed by atoms with Crippen LogP contribution in [0.3, 0.4) is 0 Å². The first-order chi connectivity index (χ1) is 13.7. The van der Waals surface area contributed by atoms with Crippen molar-refractivity contribution in [2.24, 2.45) is 28.6 Å². The van der Waals surface area contributed by atoms with Gasteiger partial charge in [0.05, 0.1) is 24.1 Å². The van der Waals surface area contributed by atoms with E-state index in [1.807, 2.05) is 6.07 Å². The lowest BCUT2D eigenvalue weighted by molar-refractivity contribution is -0.239. The molecule has 0 unspecified atom stereocenters. The molecule has 29 heavy (non-hydrogen) atoms. The van der Waals surface area contributed by atoms with Crippen molar-refractivity contribution in [3.63, 3.8) is 0 Å². The van der Waals surface area contributed by atoms with Gasteiger partial charge in [-0.1, -0.05) is 13.8 Å². The Kier molecular flexibility index (Phi) is 4.37. The van der Waals surface area contributed by atoms with Crippen molar-refractivity contribution in [2.75, 3.05) is 0 Å². The largest absolute Gasteiger partial charge is 0.431 e. The molecule has 0 bridgehead atoms. The molecule has 5 nitrogen and oxygen atoms in total. The molecule has 4 aliphatic carbocycles. The molecule has 0 amide bonds. The van der Waals surface area contributed by atoms with Crippen LogP contribution in [-0.2, 0) is 0 Å². The van der Waals surface area contributed by atoms with Crippen LogP contribution in [0, 0.1) is 28.6 Å². The number of fused-ring (bicyclic) bond motifs is 5. The Morgan fingerprint density at radius 2 is 1.86 bits per heavy atom. The fraction of sp³-hybridized carbons (Fsp3) is 0.792. The van der Waals surface area contributed by atoms with Gasteiger partial charge in [-0.2, -0.15) is 0 Å². The Balaban J connectivity index is 1.52. The second-order valence-electron chi connectivity index (χ2n) is 10.9. The first-order valence-electron chi connectivity index (χ1n) is 11.4. The molecule has 0 spiro atoms. The van der Waals surface area contributed by atoms with E-state index in [1.165, 1.54) is 6.07 Å². The molecule has 4 fully saturated rings. The van der Waals surface area contributed by atoms with Crippen LogP contribution in [0.4, 0.5) is 0 Å². The summed E-state index contributed by atoms with van der Waals surface area (Å²) in [7, 11) is 0. The monoisotopic (exact) mass is 402 g/mol. The van der Waals surface area contributed by atoms with E-state index in [1.54, 1.807) is 6.26 Å². The zero-order valence-corrected chi connectivity index (χ0v) is 17.5. The third-order valence-corrected chi connectivity index (χ3v) is 9.89. The second kappa shape index (κ2) is 6.41. The van der Waals surface area contributed by atoms with E-state index in [0.717, 1.165) is 50.5 Å². The van der Waals surface area contributed by atoms with E-state index in [-0.39, 0.29) is 34.9 Å². The number of rotatable bonds is 1. The standard InChI is InChI=1S/C24H34O5/c1-22-9-7-16(25)11-15(22)4-5-18-21(22)19(26)12-23(2)17(8-10-24(18,23)28)14-3-6-20(27)29-13-14/h3,6,13,15-19,21,25-26,28H,4-5,7-12H2,1-2H3/t15-,16-,17+,18+,19+,21+,22-,23+,24+/m0/s1. The maximum Gasteiger partial charge on any atom is 0.335 e. The molecule has 4 saturated carbocycles. The van der Waals surface area contributed by atoms with Crippen LogP contribution < -0.4 is 5.63 Å². The highest BCUT2D eigenvalue weighted by Crippen LogP contribution is 2.70. The summed E-state index contributed by atoms with van der Waals surface area (Å²) in [5.74, 6) is 0.662. The van der Waals surface area contributed by atoms with E-state index in [2.05, 4.69) is 13.8 Å².